The second kappa shape index (κ2) is 7.10. The number of hydrogen-bond donors (Lipinski definition) is 1. The van der Waals surface area contributed by atoms with Crippen molar-refractivity contribution in [2.24, 2.45) is 0 Å². The summed E-state index contributed by atoms with van der Waals surface area (Å²) >= 11 is 0. The molecule has 0 radical (unpaired) electrons. The number of nitrogens with one attached hydrogen (secondary N) is 1. The van der Waals surface area contributed by atoms with E-state index >= 15 is 0 Å². The van der Waals surface area contributed by atoms with Crippen molar-refractivity contribution in [1.29, 1.82) is 0 Å². The first kappa shape index (κ1) is 15.3. The SMILES string of the molecule is COC(=O)COc1cc(N2CCNCC2)ccc1-c1nnco1. The fourth-order valence-electron chi connectivity index (χ4n) is 2.41. The van der Waals surface area contributed by atoms with Crippen LogP contribution >= 0.6 is 0 Å². The van der Waals surface area contributed by atoms with E-state index < -0.39 is 5.97 Å². The molecular weight excluding hydrogens is 300 g/mol. The minimum absolute atomic E-state index is 0.178. The lowest BCUT2D eigenvalue weighted by atomic mass is 10.1. The lowest BCUT2D eigenvalue weighted by Gasteiger charge is -2.29. The molecule has 1 aromatic heterocycles. The Balaban J connectivity index is 1.88. The van der Waals surface area contributed by atoms with Gasteiger partial charge in [-0.25, -0.2) is 4.79 Å². The molecule has 0 aliphatic carbocycles. The molecule has 23 heavy (non-hydrogen) atoms. The predicted octanol–water partition coefficient (Wildman–Crippen LogP) is 0.698. The molecule has 0 spiro atoms. The summed E-state index contributed by atoms with van der Waals surface area (Å²) in [6.07, 6.45) is 1.25. The number of benzene rings is 1. The molecule has 0 saturated carbocycles. The molecule has 122 valence electrons. The number of aromatic nitrogens is 2. The van der Waals surface area contributed by atoms with Crippen molar-refractivity contribution in [1.82, 2.24) is 15.5 Å². The number of hydrogen-bond acceptors (Lipinski definition) is 8. The van der Waals surface area contributed by atoms with Gasteiger partial charge in [0.05, 0.1) is 12.7 Å². The third kappa shape index (κ3) is 3.59. The fourth-order valence-corrected chi connectivity index (χ4v) is 2.41. The summed E-state index contributed by atoms with van der Waals surface area (Å²) in [5.74, 6) is 0.404. The number of rotatable bonds is 5. The van der Waals surface area contributed by atoms with Gasteiger partial charge in [-0.15, -0.1) is 10.2 Å². The molecule has 0 amide bonds. The number of esters is 1. The van der Waals surface area contributed by atoms with E-state index in [2.05, 4.69) is 25.2 Å². The Morgan fingerprint density at radius 2 is 2.22 bits per heavy atom. The summed E-state index contributed by atoms with van der Waals surface area (Å²) in [6, 6.07) is 5.72. The van der Waals surface area contributed by atoms with Crippen LogP contribution in [-0.4, -0.2) is 56.1 Å². The van der Waals surface area contributed by atoms with Crippen LogP contribution in [0.1, 0.15) is 0 Å². The van der Waals surface area contributed by atoms with Gasteiger partial charge in [-0.3, -0.25) is 0 Å². The van der Waals surface area contributed by atoms with Crippen molar-refractivity contribution in [3.8, 4) is 17.2 Å². The number of anilines is 1. The minimum atomic E-state index is -0.450. The van der Waals surface area contributed by atoms with Gasteiger partial charge >= 0.3 is 5.97 Å². The van der Waals surface area contributed by atoms with Crippen LogP contribution in [0.2, 0.25) is 0 Å². The van der Waals surface area contributed by atoms with E-state index in [0.717, 1.165) is 31.9 Å². The summed E-state index contributed by atoms with van der Waals surface area (Å²) in [5, 5.41) is 10.9. The summed E-state index contributed by atoms with van der Waals surface area (Å²) < 4.78 is 15.5. The highest BCUT2D eigenvalue weighted by molar-refractivity contribution is 5.73. The lowest BCUT2D eigenvalue weighted by Crippen LogP contribution is -2.43. The van der Waals surface area contributed by atoms with Crippen molar-refractivity contribution in [3.63, 3.8) is 0 Å². The van der Waals surface area contributed by atoms with Gasteiger partial charge < -0.3 is 24.1 Å². The first-order valence-corrected chi connectivity index (χ1v) is 7.34. The Kier molecular flexibility index (Phi) is 4.72. The minimum Gasteiger partial charge on any atom is -0.481 e. The largest absolute Gasteiger partial charge is 0.481 e. The second-order valence-corrected chi connectivity index (χ2v) is 5.03. The third-order valence-corrected chi connectivity index (χ3v) is 3.61. The number of ether oxygens (including phenoxy) is 2. The van der Waals surface area contributed by atoms with Crippen LogP contribution in [0.15, 0.2) is 29.0 Å². The maximum atomic E-state index is 11.4. The Morgan fingerprint density at radius 1 is 1.39 bits per heavy atom. The zero-order valence-electron chi connectivity index (χ0n) is 12.8. The van der Waals surface area contributed by atoms with Crippen LogP contribution in [0.5, 0.6) is 5.75 Å². The molecule has 0 unspecified atom stereocenters. The molecule has 1 aliphatic rings. The van der Waals surface area contributed by atoms with Crippen molar-refractivity contribution in [2.75, 3.05) is 44.8 Å². The zero-order valence-corrected chi connectivity index (χ0v) is 12.8. The predicted molar refractivity (Wildman–Crippen MR) is 82.3 cm³/mol. The number of methoxy groups -OCH3 is 1. The molecule has 0 atom stereocenters. The second-order valence-electron chi connectivity index (χ2n) is 5.03. The molecule has 1 aliphatic heterocycles. The highest BCUT2D eigenvalue weighted by Gasteiger charge is 2.17. The van der Waals surface area contributed by atoms with Crippen molar-refractivity contribution >= 4 is 11.7 Å². The third-order valence-electron chi connectivity index (χ3n) is 3.61. The molecule has 8 heteroatoms. The Labute approximate surface area is 133 Å². The Hall–Kier alpha value is -2.61. The van der Waals surface area contributed by atoms with E-state index in [0.29, 0.717) is 17.2 Å². The van der Waals surface area contributed by atoms with Crippen LogP contribution in [-0.2, 0) is 9.53 Å². The maximum Gasteiger partial charge on any atom is 0.343 e. The molecule has 0 bridgehead atoms. The number of carbonyl (C=O) groups excluding carboxylic acids is 1. The average Bonchev–Trinajstić information content (AvgIpc) is 3.14. The van der Waals surface area contributed by atoms with E-state index in [-0.39, 0.29) is 6.61 Å². The molecule has 1 N–H and O–H groups in total. The maximum absolute atomic E-state index is 11.4. The Bertz CT molecular complexity index is 654. The van der Waals surface area contributed by atoms with Gasteiger partial charge in [0.25, 0.3) is 5.89 Å². The fraction of sp³-hybridized carbons (Fsp3) is 0.400. The van der Waals surface area contributed by atoms with Crippen LogP contribution in [0.25, 0.3) is 11.5 Å². The zero-order chi connectivity index (χ0) is 16.1. The topological polar surface area (TPSA) is 89.7 Å². The van der Waals surface area contributed by atoms with E-state index in [1.807, 2.05) is 18.2 Å². The molecule has 2 aromatic rings. The lowest BCUT2D eigenvalue weighted by molar-refractivity contribution is -0.142. The van der Waals surface area contributed by atoms with Gasteiger partial charge in [-0.2, -0.15) is 0 Å². The van der Waals surface area contributed by atoms with Crippen LogP contribution in [0, 0.1) is 0 Å². The monoisotopic (exact) mass is 318 g/mol. The van der Waals surface area contributed by atoms with Gasteiger partial charge in [0, 0.05) is 37.9 Å². The van der Waals surface area contributed by atoms with Crippen molar-refractivity contribution < 1.29 is 18.7 Å². The van der Waals surface area contributed by atoms with E-state index in [1.54, 1.807) is 0 Å². The van der Waals surface area contributed by atoms with E-state index in [4.69, 9.17) is 9.15 Å². The molecule has 1 saturated heterocycles. The normalized spacial score (nSPS) is 14.6. The quantitative estimate of drug-likeness (QED) is 0.806. The standard InChI is InChI=1S/C15H18N4O4/c1-21-14(20)9-22-13-8-11(19-6-4-16-5-7-19)2-3-12(13)15-18-17-10-23-15/h2-3,8,10,16H,4-7,9H2,1H3. The van der Waals surface area contributed by atoms with Crippen LogP contribution in [0.3, 0.4) is 0 Å². The molecule has 1 fully saturated rings. The van der Waals surface area contributed by atoms with Gasteiger partial charge in [0.15, 0.2) is 6.61 Å². The number of carbonyl (C=O) groups is 1. The number of piperazine rings is 1. The highest BCUT2D eigenvalue weighted by Crippen LogP contribution is 2.33. The van der Waals surface area contributed by atoms with Crippen LogP contribution in [0.4, 0.5) is 5.69 Å². The first-order valence-electron chi connectivity index (χ1n) is 7.34. The van der Waals surface area contributed by atoms with Crippen LogP contribution < -0.4 is 15.0 Å². The number of nitrogens with zero attached hydrogens (tertiary/aromatic N) is 3. The Morgan fingerprint density at radius 3 is 2.91 bits per heavy atom. The molecule has 1 aromatic carbocycles. The van der Waals surface area contributed by atoms with Gasteiger partial charge in [-0.1, -0.05) is 0 Å². The van der Waals surface area contributed by atoms with Gasteiger partial charge in [-0.05, 0) is 12.1 Å². The van der Waals surface area contributed by atoms with Crippen molar-refractivity contribution in [2.45, 2.75) is 0 Å². The van der Waals surface area contributed by atoms with Gasteiger partial charge in [0.2, 0.25) is 6.39 Å². The molecule has 8 nitrogen and oxygen atoms in total. The van der Waals surface area contributed by atoms with Crippen molar-refractivity contribution in [3.05, 3.63) is 24.6 Å². The molecule has 3 rings (SSSR count). The molecule has 2 heterocycles. The summed E-state index contributed by atoms with van der Waals surface area (Å²) in [7, 11) is 1.32. The van der Waals surface area contributed by atoms with E-state index in [9.17, 15) is 4.79 Å². The van der Waals surface area contributed by atoms with Gasteiger partial charge in [0.1, 0.15) is 5.75 Å². The summed E-state index contributed by atoms with van der Waals surface area (Å²) in [4.78, 5) is 13.6. The highest BCUT2D eigenvalue weighted by atomic mass is 16.6. The summed E-state index contributed by atoms with van der Waals surface area (Å²) in [6.45, 7) is 3.52. The first-order chi connectivity index (χ1) is 11.3. The average molecular weight is 318 g/mol. The smallest absolute Gasteiger partial charge is 0.343 e. The summed E-state index contributed by atoms with van der Waals surface area (Å²) in [5.41, 5.74) is 1.67. The molecular formula is C15H18N4O4. The van der Waals surface area contributed by atoms with E-state index in [1.165, 1.54) is 13.5 Å².